The Morgan fingerprint density at radius 1 is 1.24 bits per heavy atom. The zero-order valence-electron chi connectivity index (χ0n) is 9.77. The molecular weight excluding hydrogens is 227 g/mol. The summed E-state index contributed by atoms with van der Waals surface area (Å²) >= 11 is 0. The quantitative estimate of drug-likeness (QED) is 0.834. The Hall–Kier alpha value is -1.19. The number of nitrogens with one attached hydrogen (secondary N) is 1. The predicted octanol–water partition coefficient (Wildman–Crippen LogP) is 4.31. The minimum Gasteiger partial charge on any atom is -0.384 e. The lowest BCUT2D eigenvalue weighted by Crippen LogP contribution is -2.33. The summed E-state index contributed by atoms with van der Waals surface area (Å²) in [6.45, 7) is 2.72. The summed E-state index contributed by atoms with van der Waals surface area (Å²) in [6, 6.07) is 5.65. The van der Waals surface area contributed by atoms with Crippen LogP contribution < -0.4 is 5.32 Å². The lowest BCUT2D eigenvalue weighted by Gasteiger charge is -2.39. The van der Waals surface area contributed by atoms with Gasteiger partial charge >= 0.3 is 6.18 Å². The highest BCUT2D eigenvalue weighted by Crippen LogP contribution is 2.41. The van der Waals surface area contributed by atoms with Gasteiger partial charge in [-0.3, -0.25) is 0 Å². The van der Waals surface area contributed by atoms with Gasteiger partial charge in [-0.1, -0.05) is 25.5 Å². The Labute approximate surface area is 99.0 Å². The number of benzene rings is 1. The SMILES string of the molecule is CC1(CNc2ccccc2C(F)(F)F)CCC1. The highest BCUT2D eigenvalue weighted by Gasteiger charge is 2.35. The van der Waals surface area contributed by atoms with E-state index in [-0.39, 0.29) is 11.1 Å². The van der Waals surface area contributed by atoms with E-state index in [2.05, 4.69) is 12.2 Å². The van der Waals surface area contributed by atoms with Gasteiger partial charge in [-0.2, -0.15) is 13.2 Å². The van der Waals surface area contributed by atoms with E-state index in [4.69, 9.17) is 0 Å². The van der Waals surface area contributed by atoms with Crippen molar-refractivity contribution < 1.29 is 13.2 Å². The minimum absolute atomic E-state index is 0.165. The molecule has 17 heavy (non-hydrogen) atoms. The summed E-state index contributed by atoms with van der Waals surface area (Å²) < 4.78 is 38.2. The molecule has 1 aliphatic rings. The molecule has 1 aliphatic carbocycles. The summed E-state index contributed by atoms with van der Waals surface area (Å²) in [5.74, 6) is 0. The molecule has 1 aromatic rings. The van der Waals surface area contributed by atoms with Gasteiger partial charge in [0.05, 0.1) is 5.56 Å². The van der Waals surface area contributed by atoms with Crippen LogP contribution in [0.25, 0.3) is 0 Å². The first kappa shape index (κ1) is 12.3. The van der Waals surface area contributed by atoms with Crippen LogP contribution in [0.2, 0.25) is 0 Å². The van der Waals surface area contributed by atoms with E-state index in [0.29, 0.717) is 6.54 Å². The highest BCUT2D eigenvalue weighted by molar-refractivity contribution is 5.52. The molecule has 4 heteroatoms. The van der Waals surface area contributed by atoms with Crippen LogP contribution in [0.3, 0.4) is 0 Å². The monoisotopic (exact) mass is 243 g/mol. The summed E-state index contributed by atoms with van der Waals surface area (Å²) in [5.41, 5.74) is -0.227. The molecule has 0 heterocycles. The van der Waals surface area contributed by atoms with Crippen LogP contribution in [-0.4, -0.2) is 6.54 Å². The van der Waals surface area contributed by atoms with Crippen molar-refractivity contribution in [1.29, 1.82) is 0 Å². The molecule has 1 nitrogen and oxygen atoms in total. The Kier molecular flexibility index (Phi) is 3.06. The Morgan fingerprint density at radius 2 is 1.88 bits per heavy atom. The van der Waals surface area contributed by atoms with Crippen LogP contribution in [0.5, 0.6) is 0 Å². The second-order valence-electron chi connectivity index (χ2n) is 5.06. The van der Waals surface area contributed by atoms with E-state index in [9.17, 15) is 13.2 Å². The van der Waals surface area contributed by atoms with Gasteiger partial charge in [0.1, 0.15) is 0 Å². The zero-order chi connectivity index (χ0) is 12.5. The first-order valence-corrected chi connectivity index (χ1v) is 5.81. The molecule has 2 rings (SSSR count). The third kappa shape index (κ3) is 2.73. The van der Waals surface area contributed by atoms with Crippen molar-refractivity contribution >= 4 is 5.69 Å². The summed E-state index contributed by atoms with van der Waals surface area (Å²) in [5, 5.41) is 2.94. The molecule has 0 atom stereocenters. The van der Waals surface area contributed by atoms with Gasteiger partial charge in [-0.25, -0.2) is 0 Å². The van der Waals surface area contributed by atoms with Crippen LogP contribution in [0.4, 0.5) is 18.9 Å². The number of hydrogen-bond acceptors (Lipinski definition) is 1. The molecular formula is C13H16F3N. The number of para-hydroxylation sites is 1. The van der Waals surface area contributed by atoms with Crippen molar-refractivity contribution in [3.05, 3.63) is 29.8 Å². The molecule has 0 amide bonds. The summed E-state index contributed by atoms with van der Waals surface area (Å²) in [6.07, 6.45) is -0.925. The molecule has 0 aromatic heterocycles. The lowest BCUT2D eigenvalue weighted by molar-refractivity contribution is -0.137. The van der Waals surface area contributed by atoms with Crippen LogP contribution in [0.15, 0.2) is 24.3 Å². The van der Waals surface area contributed by atoms with E-state index in [1.165, 1.54) is 18.6 Å². The van der Waals surface area contributed by atoms with Gasteiger partial charge in [0.2, 0.25) is 0 Å². The summed E-state index contributed by atoms with van der Waals surface area (Å²) in [4.78, 5) is 0. The molecule has 0 bridgehead atoms. The fourth-order valence-electron chi connectivity index (χ4n) is 2.15. The van der Waals surface area contributed by atoms with Gasteiger partial charge in [-0.05, 0) is 30.4 Å². The molecule has 94 valence electrons. The maximum Gasteiger partial charge on any atom is 0.418 e. The average Bonchev–Trinajstić information content (AvgIpc) is 2.23. The standard InChI is InChI=1S/C13H16F3N/c1-12(7-4-8-12)9-17-11-6-3-2-5-10(11)13(14,15)16/h2-3,5-6,17H,4,7-9H2,1H3. The average molecular weight is 243 g/mol. The molecule has 0 saturated heterocycles. The molecule has 1 fully saturated rings. The fourth-order valence-corrected chi connectivity index (χ4v) is 2.15. The van der Waals surface area contributed by atoms with E-state index in [0.717, 1.165) is 18.9 Å². The number of anilines is 1. The smallest absolute Gasteiger partial charge is 0.384 e. The first-order valence-electron chi connectivity index (χ1n) is 5.81. The normalized spacial score (nSPS) is 18.6. The van der Waals surface area contributed by atoms with E-state index in [1.54, 1.807) is 6.07 Å². The Bertz CT molecular complexity index is 394. The third-order valence-corrected chi connectivity index (χ3v) is 3.50. The van der Waals surface area contributed by atoms with Crippen LogP contribution in [0, 0.1) is 5.41 Å². The molecule has 1 aromatic carbocycles. The van der Waals surface area contributed by atoms with Crippen molar-refractivity contribution in [3.8, 4) is 0 Å². The van der Waals surface area contributed by atoms with Crippen molar-refractivity contribution in [3.63, 3.8) is 0 Å². The zero-order valence-corrected chi connectivity index (χ0v) is 9.77. The van der Waals surface area contributed by atoms with E-state index >= 15 is 0 Å². The van der Waals surface area contributed by atoms with E-state index < -0.39 is 11.7 Å². The van der Waals surface area contributed by atoms with Gasteiger partial charge in [-0.15, -0.1) is 0 Å². The molecule has 0 aliphatic heterocycles. The van der Waals surface area contributed by atoms with Crippen LogP contribution >= 0.6 is 0 Å². The lowest BCUT2D eigenvalue weighted by atomic mass is 9.70. The predicted molar refractivity (Wildman–Crippen MR) is 61.9 cm³/mol. The van der Waals surface area contributed by atoms with Crippen molar-refractivity contribution in [2.75, 3.05) is 11.9 Å². The topological polar surface area (TPSA) is 12.0 Å². The maximum atomic E-state index is 12.7. The van der Waals surface area contributed by atoms with Gasteiger partial charge in [0.15, 0.2) is 0 Å². The summed E-state index contributed by atoms with van der Waals surface area (Å²) in [7, 11) is 0. The largest absolute Gasteiger partial charge is 0.418 e. The second kappa shape index (κ2) is 4.24. The first-order chi connectivity index (χ1) is 7.91. The number of halogens is 3. The number of alkyl halides is 3. The molecule has 0 unspecified atom stereocenters. The molecule has 1 saturated carbocycles. The van der Waals surface area contributed by atoms with Gasteiger partial charge in [0, 0.05) is 12.2 Å². The molecule has 1 N–H and O–H groups in total. The molecule has 0 spiro atoms. The molecule has 0 radical (unpaired) electrons. The Morgan fingerprint density at radius 3 is 2.41 bits per heavy atom. The minimum atomic E-state index is -4.29. The van der Waals surface area contributed by atoms with Gasteiger partial charge < -0.3 is 5.32 Å². The fraction of sp³-hybridized carbons (Fsp3) is 0.538. The third-order valence-electron chi connectivity index (χ3n) is 3.50. The van der Waals surface area contributed by atoms with Crippen LogP contribution in [-0.2, 0) is 6.18 Å². The van der Waals surface area contributed by atoms with Crippen molar-refractivity contribution in [1.82, 2.24) is 0 Å². The highest BCUT2D eigenvalue weighted by atomic mass is 19.4. The van der Waals surface area contributed by atoms with Crippen molar-refractivity contribution in [2.24, 2.45) is 5.41 Å². The number of hydrogen-bond donors (Lipinski definition) is 1. The second-order valence-corrected chi connectivity index (χ2v) is 5.06. The van der Waals surface area contributed by atoms with E-state index in [1.807, 2.05) is 0 Å². The Balaban J connectivity index is 2.10. The maximum absolute atomic E-state index is 12.7. The number of rotatable bonds is 3. The van der Waals surface area contributed by atoms with Gasteiger partial charge in [0.25, 0.3) is 0 Å². The van der Waals surface area contributed by atoms with Crippen molar-refractivity contribution in [2.45, 2.75) is 32.4 Å². The van der Waals surface area contributed by atoms with Crippen LogP contribution in [0.1, 0.15) is 31.7 Å².